The fourth-order valence-electron chi connectivity index (χ4n) is 2.80. The first kappa shape index (κ1) is 11.4. The number of hydrogen-bond acceptors (Lipinski definition) is 0. The molecule has 0 amide bonds. The molecule has 1 aromatic carbocycles. The fraction of sp³-hybridized carbons (Fsp3) is 0.333. The maximum atomic E-state index is 2.44. The van der Waals surface area contributed by atoms with Gasteiger partial charge in [0.05, 0.1) is 0 Å². The van der Waals surface area contributed by atoms with Gasteiger partial charge in [0.25, 0.3) is 0 Å². The fourth-order valence-corrected chi connectivity index (χ4v) is 7.05. The minimum atomic E-state index is -1.41. The Morgan fingerprint density at radius 3 is 2.25 bits per heavy atom. The van der Waals surface area contributed by atoms with Crippen molar-refractivity contribution < 1.29 is 0 Å². The SMILES string of the molecule is CC[Si](CC)(C1=CCC=C1)c1ccccc1. The average molecular weight is 228 g/mol. The van der Waals surface area contributed by atoms with Crippen LogP contribution in [0.5, 0.6) is 0 Å². The molecule has 0 aliphatic heterocycles. The van der Waals surface area contributed by atoms with Gasteiger partial charge in [-0.15, -0.1) is 0 Å². The van der Waals surface area contributed by atoms with Crippen molar-refractivity contribution in [3.63, 3.8) is 0 Å². The Balaban J connectivity index is 2.47. The molecule has 0 nitrogen and oxygen atoms in total. The van der Waals surface area contributed by atoms with Crippen molar-refractivity contribution in [2.75, 3.05) is 0 Å². The molecule has 0 spiro atoms. The van der Waals surface area contributed by atoms with E-state index in [0.29, 0.717) is 0 Å². The first-order valence-corrected chi connectivity index (χ1v) is 8.67. The maximum absolute atomic E-state index is 2.44. The van der Waals surface area contributed by atoms with Crippen LogP contribution >= 0.6 is 0 Å². The maximum Gasteiger partial charge on any atom is 0.117 e. The van der Waals surface area contributed by atoms with Gasteiger partial charge in [0.2, 0.25) is 0 Å². The number of hydrogen-bond donors (Lipinski definition) is 0. The molecule has 1 aliphatic carbocycles. The Labute approximate surface area is 99.7 Å². The molecule has 0 saturated carbocycles. The topological polar surface area (TPSA) is 0 Å². The third-order valence-corrected chi connectivity index (χ3v) is 9.19. The van der Waals surface area contributed by atoms with Crippen LogP contribution in [0.15, 0.2) is 53.8 Å². The van der Waals surface area contributed by atoms with Gasteiger partial charge < -0.3 is 0 Å². The smallest absolute Gasteiger partial charge is 0.0811 e. The molecule has 0 aromatic heterocycles. The second kappa shape index (κ2) is 4.83. The van der Waals surface area contributed by atoms with Crippen molar-refractivity contribution >= 4 is 13.3 Å². The van der Waals surface area contributed by atoms with Crippen LogP contribution in [0, 0.1) is 0 Å². The summed E-state index contributed by atoms with van der Waals surface area (Å²) in [4.78, 5) is 0. The van der Waals surface area contributed by atoms with Gasteiger partial charge in [-0.25, -0.2) is 0 Å². The molecule has 0 fully saturated rings. The van der Waals surface area contributed by atoms with Crippen LogP contribution in [-0.4, -0.2) is 8.07 Å². The van der Waals surface area contributed by atoms with Gasteiger partial charge in [-0.3, -0.25) is 0 Å². The molecule has 1 aromatic rings. The lowest BCUT2D eigenvalue weighted by Crippen LogP contribution is -2.48. The van der Waals surface area contributed by atoms with E-state index in [0.717, 1.165) is 6.42 Å². The van der Waals surface area contributed by atoms with E-state index in [1.807, 2.05) is 0 Å². The van der Waals surface area contributed by atoms with Crippen LogP contribution in [0.25, 0.3) is 0 Å². The summed E-state index contributed by atoms with van der Waals surface area (Å²) in [6.45, 7) is 4.71. The van der Waals surface area contributed by atoms with E-state index in [1.54, 1.807) is 10.4 Å². The lowest BCUT2D eigenvalue weighted by atomic mass is 10.4. The first-order chi connectivity index (χ1) is 7.83. The van der Waals surface area contributed by atoms with Crippen LogP contribution in [-0.2, 0) is 0 Å². The Hall–Kier alpha value is -1.08. The second-order valence-corrected chi connectivity index (χ2v) is 9.19. The summed E-state index contributed by atoms with van der Waals surface area (Å²) in [5.41, 5.74) is 0. The quantitative estimate of drug-likeness (QED) is 0.688. The highest BCUT2D eigenvalue weighted by atomic mass is 28.3. The van der Waals surface area contributed by atoms with Gasteiger partial charge in [0, 0.05) is 0 Å². The van der Waals surface area contributed by atoms with Crippen LogP contribution in [0.3, 0.4) is 0 Å². The minimum absolute atomic E-state index is 1.14. The van der Waals surface area contributed by atoms with Crippen molar-refractivity contribution in [1.29, 1.82) is 0 Å². The highest BCUT2D eigenvalue weighted by molar-refractivity contribution is 6.98. The summed E-state index contributed by atoms with van der Waals surface area (Å²) in [6, 6.07) is 13.8. The van der Waals surface area contributed by atoms with Crippen molar-refractivity contribution in [2.45, 2.75) is 32.4 Å². The molecule has 0 unspecified atom stereocenters. The number of allylic oxidation sites excluding steroid dienone is 4. The largest absolute Gasteiger partial charge is 0.117 e. The lowest BCUT2D eigenvalue weighted by molar-refractivity contribution is 1.27. The van der Waals surface area contributed by atoms with Crippen molar-refractivity contribution in [2.24, 2.45) is 0 Å². The molecule has 0 atom stereocenters. The van der Waals surface area contributed by atoms with Gasteiger partial charge in [-0.05, 0) is 6.42 Å². The van der Waals surface area contributed by atoms with E-state index in [9.17, 15) is 0 Å². The molecule has 0 bridgehead atoms. The molecular weight excluding hydrogens is 208 g/mol. The molecule has 0 saturated heterocycles. The summed E-state index contributed by atoms with van der Waals surface area (Å²) >= 11 is 0. The standard InChI is InChI=1S/C15H20Si/c1-3-16(4-2,15-12-8-9-13-15)14-10-6-5-7-11-14/h5-8,10-13H,3-4,9H2,1-2H3. The second-order valence-electron chi connectivity index (χ2n) is 4.45. The Morgan fingerprint density at radius 2 is 1.75 bits per heavy atom. The zero-order valence-corrected chi connectivity index (χ0v) is 11.2. The molecule has 2 rings (SSSR count). The highest BCUT2D eigenvalue weighted by Gasteiger charge is 2.34. The Morgan fingerprint density at radius 1 is 1.06 bits per heavy atom. The van der Waals surface area contributed by atoms with Gasteiger partial charge in [-0.2, -0.15) is 0 Å². The summed E-state index contributed by atoms with van der Waals surface area (Å²) in [7, 11) is -1.41. The number of benzene rings is 1. The molecular formula is C15H20Si. The van der Waals surface area contributed by atoms with Gasteiger partial charge in [0.15, 0.2) is 0 Å². The van der Waals surface area contributed by atoms with Gasteiger partial charge in [-0.1, -0.05) is 84.9 Å². The van der Waals surface area contributed by atoms with Crippen molar-refractivity contribution in [3.05, 3.63) is 53.8 Å². The van der Waals surface area contributed by atoms with E-state index < -0.39 is 8.07 Å². The molecule has 0 heterocycles. The van der Waals surface area contributed by atoms with Gasteiger partial charge >= 0.3 is 0 Å². The van der Waals surface area contributed by atoms with Crippen LogP contribution in [0.2, 0.25) is 12.1 Å². The van der Waals surface area contributed by atoms with Crippen molar-refractivity contribution in [3.8, 4) is 0 Å². The summed E-state index contributed by atoms with van der Waals surface area (Å²) in [5.74, 6) is 0. The zero-order valence-electron chi connectivity index (χ0n) is 10.2. The molecule has 1 aliphatic rings. The third-order valence-electron chi connectivity index (χ3n) is 3.86. The van der Waals surface area contributed by atoms with E-state index in [2.05, 4.69) is 62.4 Å². The summed E-state index contributed by atoms with van der Waals surface area (Å²) in [5, 5.41) is 3.24. The molecule has 0 radical (unpaired) electrons. The average Bonchev–Trinajstić information content (AvgIpc) is 2.87. The third kappa shape index (κ3) is 1.80. The Kier molecular flexibility index (Phi) is 3.45. The van der Waals surface area contributed by atoms with E-state index >= 15 is 0 Å². The van der Waals surface area contributed by atoms with Crippen LogP contribution < -0.4 is 5.19 Å². The summed E-state index contributed by atoms with van der Waals surface area (Å²) < 4.78 is 0. The first-order valence-electron chi connectivity index (χ1n) is 6.26. The van der Waals surface area contributed by atoms with E-state index in [-0.39, 0.29) is 0 Å². The lowest BCUT2D eigenvalue weighted by Gasteiger charge is -2.31. The number of rotatable bonds is 4. The molecule has 1 heteroatoms. The predicted octanol–water partition coefficient (Wildman–Crippen LogP) is 3.81. The van der Waals surface area contributed by atoms with Crippen molar-refractivity contribution in [1.82, 2.24) is 0 Å². The van der Waals surface area contributed by atoms with Gasteiger partial charge in [0.1, 0.15) is 8.07 Å². The van der Waals surface area contributed by atoms with Crippen LogP contribution in [0.1, 0.15) is 20.3 Å². The van der Waals surface area contributed by atoms with E-state index in [1.165, 1.54) is 12.1 Å². The molecule has 0 N–H and O–H groups in total. The van der Waals surface area contributed by atoms with Crippen LogP contribution in [0.4, 0.5) is 0 Å². The zero-order chi connectivity index (χ0) is 11.4. The Bertz CT molecular complexity index is 397. The highest BCUT2D eigenvalue weighted by Crippen LogP contribution is 2.28. The predicted molar refractivity (Wildman–Crippen MR) is 74.6 cm³/mol. The normalized spacial score (nSPS) is 15.2. The summed E-state index contributed by atoms with van der Waals surface area (Å²) in [6.07, 6.45) is 8.24. The minimum Gasteiger partial charge on any atom is -0.0811 e. The molecule has 16 heavy (non-hydrogen) atoms. The molecule has 84 valence electrons. The monoisotopic (exact) mass is 228 g/mol. The van der Waals surface area contributed by atoms with E-state index in [4.69, 9.17) is 0 Å².